The van der Waals surface area contributed by atoms with Crippen molar-refractivity contribution in [3.05, 3.63) is 126 Å². The van der Waals surface area contributed by atoms with Crippen LogP contribution in [-0.2, 0) is 32.6 Å². The number of amides is 2. The molecule has 0 unspecified atom stereocenters. The van der Waals surface area contributed by atoms with E-state index in [1.807, 2.05) is 73.7 Å². The number of hydrogen-bond donors (Lipinski definition) is 1. The number of nitrogens with one attached hydrogen (secondary N) is 1. The highest BCUT2D eigenvalue weighted by molar-refractivity contribution is 7.92. The first kappa shape index (κ1) is 33.7. The van der Waals surface area contributed by atoms with Crippen molar-refractivity contribution in [1.82, 2.24) is 10.2 Å². The summed E-state index contributed by atoms with van der Waals surface area (Å²) < 4.78 is 34.9. The number of carbonyl (C=O) groups excluding carboxylic acids is 2. The zero-order valence-corrected chi connectivity index (χ0v) is 27.9. The molecule has 246 valence electrons. The average molecular weight is 654 g/mol. The second-order valence-corrected chi connectivity index (χ2v) is 13.9. The molecule has 1 fully saturated rings. The first-order valence-electron chi connectivity index (χ1n) is 16.2. The molecule has 0 heterocycles. The molecule has 0 radical (unpaired) electrons. The lowest BCUT2D eigenvalue weighted by Crippen LogP contribution is -2.55. The third kappa shape index (κ3) is 8.80. The number of benzene rings is 4. The van der Waals surface area contributed by atoms with E-state index in [1.54, 1.807) is 37.4 Å². The second-order valence-electron chi connectivity index (χ2n) is 12.1. The fourth-order valence-corrected chi connectivity index (χ4v) is 7.46. The third-order valence-corrected chi connectivity index (χ3v) is 10.4. The Morgan fingerprint density at radius 2 is 1.47 bits per heavy atom. The molecule has 0 bridgehead atoms. The van der Waals surface area contributed by atoms with E-state index in [0.717, 1.165) is 53.1 Å². The molecular formula is C38H43N3O5S. The first-order chi connectivity index (χ1) is 22.7. The van der Waals surface area contributed by atoms with Gasteiger partial charge in [-0.2, -0.15) is 0 Å². The maximum absolute atomic E-state index is 14.7. The summed E-state index contributed by atoms with van der Waals surface area (Å²) in [5.41, 5.74) is 2.97. The summed E-state index contributed by atoms with van der Waals surface area (Å²) in [7, 11) is -2.57. The number of hydrogen-bond acceptors (Lipinski definition) is 5. The van der Waals surface area contributed by atoms with Gasteiger partial charge in [-0.15, -0.1) is 0 Å². The Kier molecular flexibility index (Phi) is 11.3. The van der Waals surface area contributed by atoms with Gasteiger partial charge in [-0.1, -0.05) is 97.6 Å². The average Bonchev–Trinajstić information content (AvgIpc) is 3.10. The minimum atomic E-state index is -4.14. The van der Waals surface area contributed by atoms with Crippen LogP contribution in [0.4, 0.5) is 5.69 Å². The number of rotatable bonds is 13. The van der Waals surface area contributed by atoms with Crippen molar-refractivity contribution >= 4 is 27.5 Å². The molecule has 0 aromatic heterocycles. The molecule has 1 saturated carbocycles. The van der Waals surface area contributed by atoms with Crippen molar-refractivity contribution in [2.75, 3.05) is 18.0 Å². The van der Waals surface area contributed by atoms with Crippen molar-refractivity contribution in [2.45, 2.75) is 69.0 Å². The first-order valence-corrected chi connectivity index (χ1v) is 17.6. The quantitative estimate of drug-likeness (QED) is 0.183. The number of methoxy groups -OCH3 is 1. The molecule has 1 aliphatic carbocycles. The van der Waals surface area contributed by atoms with Crippen LogP contribution in [-0.4, -0.2) is 50.9 Å². The summed E-state index contributed by atoms with van der Waals surface area (Å²) in [6.45, 7) is 1.50. The Labute approximate surface area is 278 Å². The van der Waals surface area contributed by atoms with Crippen molar-refractivity contribution in [2.24, 2.45) is 0 Å². The Bertz CT molecular complexity index is 1720. The van der Waals surface area contributed by atoms with Crippen LogP contribution in [0.25, 0.3) is 0 Å². The number of anilines is 1. The molecule has 5 rings (SSSR count). The summed E-state index contributed by atoms with van der Waals surface area (Å²) in [5.74, 6) is -0.119. The minimum Gasteiger partial charge on any atom is -0.497 e. The Morgan fingerprint density at radius 1 is 0.830 bits per heavy atom. The van der Waals surface area contributed by atoms with Gasteiger partial charge in [0.1, 0.15) is 18.3 Å². The molecule has 9 heteroatoms. The molecule has 0 saturated heterocycles. The predicted octanol–water partition coefficient (Wildman–Crippen LogP) is 6.29. The van der Waals surface area contributed by atoms with Crippen molar-refractivity contribution in [3.63, 3.8) is 0 Å². The number of carbonyl (C=O) groups is 2. The molecule has 2 amide bonds. The molecule has 1 atom stereocenters. The largest absolute Gasteiger partial charge is 0.497 e. The summed E-state index contributed by atoms with van der Waals surface area (Å²) in [4.78, 5) is 30.5. The number of ether oxygens (including phenoxy) is 1. The zero-order valence-electron chi connectivity index (χ0n) is 27.0. The fraction of sp³-hybridized carbons (Fsp3) is 0.316. The lowest BCUT2D eigenvalue weighted by atomic mass is 9.94. The van der Waals surface area contributed by atoms with Gasteiger partial charge in [-0.05, 0) is 67.3 Å². The predicted molar refractivity (Wildman–Crippen MR) is 185 cm³/mol. The number of nitrogens with zero attached hydrogens (tertiary/aromatic N) is 2. The van der Waals surface area contributed by atoms with Crippen LogP contribution < -0.4 is 14.4 Å². The van der Waals surface area contributed by atoms with Gasteiger partial charge in [-0.3, -0.25) is 13.9 Å². The SMILES string of the molecule is COc1cccc(CN(C(=O)CN(c2ccc(C)cc2)S(=O)(=O)c2ccccc2)[C@H](Cc2ccccc2)C(=O)NC2CCCCC2)c1. The lowest BCUT2D eigenvalue weighted by molar-refractivity contribution is -0.140. The van der Waals surface area contributed by atoms with E-state index in [4.69, 9.17) is 4.74 Å². The summed E-state index contributed by atoms with van der Waals surface area (Å²) in [6.07, 6.45) is 5.29. The standard InChI is InChI=1S/C38H43N3O5S/c1-29-21-23-33(24-22-29)41(47(44,45)35-19-10-5-11-20-35)28-37(42)40(27-31-15-12-18-34(25-31)46-2)36(26-30-13-6-3-7-14-30)38(43)39-32-16-8-4-9-17-32/h3,5-7,10-15,18-25,32,36H,4,8-9,16-17,26-28H2,1-2H3,(H,39,43)/t36-/m1/s1. The van der Waals surface area contributed by atoms with Crippen molar-refractivity contribution in [1.29, 1.82) is 0 Å². The van der Waals surface area contributed by atoms with E-state index >= 15 is 0 Å². The van der Waals surface area contributed by atoms with Gasteiger partial charge in [-0.25, -0.2) is 8.42 Å². The topological polar surface area (TPSA) is 96.0 Å². The van der Waals surface area contributed by atoms with Crippen LogP contribution >= 0.6 is 0 Å². The van der Waals surface area contributed by atoms with Crippen molar-refractivity contribution < 1.29 is 22.7 Å². The Morgan fingerprint density at radius 3 is 2.13 bits per heavy atom. The molecule has 4 aromatic carbocycles. The third-order valence-electron chi connectivity index (χ3n) is 8.64. The summed E-state index contributed by atoms with van der Waals surface area (Å²) >= 11 is 0. The van der Waals surface area contributed by atoms with Crippen LogP contribution in [0.15, 0.2) is 114 Å². The molecule has 0 aliphatic heterocycles. The van der Waals surface area contributed by atoms with Crippen LogP contribution in [0.3, 0.4) is 0 Å². The molecule has 4 aromatic rings. The van der Waals surface area contributed by atoms with Gasteiger partial charge in [0.05, 0.1) is 17.7 Å². The highest BCUT2D eigenvalue weighted by Gasteiger charge is 2.35. The van der Waals surface area contributed by atoms with Crippen molar-refractivity contribution in [3.8, 4) is 5.75 Å². The van der Waals surface area contributed by atoms with E-state index in [0.29, 0.717) is 11.4 Å². The van der Waals surface area contributed by atoms with Gasteiger partial charge in [0, 0.05) is 19.0 Å². The molecule has 8 nitrogen and oxygen atoms in total. The smallest absolute Gasteiger partial charge is 0.264 e. The van der Waals surface area contributed by atoms with Crippen LogP contribution in [0.5, 0.6) is 5.75 Å². The zero-order chi connectivity index (χ0) is 33.2. The Hall–Kier alpha value is -4.63. The van der Waals surface area contributed by atoms with Gasteiger partial charge in [0.15, 0.2) is 0 Å². The molecular weight excluding hydrogens is 611 g/mol. The van der Waals surface area contributed by atoms with E-state index in [2.05, 4.69) is 5.32 Å². The van der Waals surface area contributed by atoms with Gasteiger partial charge < -0.3 is 15.0 Å². The van der Waals surface area contributed by atoms with E-state index in [1.165, 1.54) is 17.0 Å². The second kappa shape index (κ2) is 15.8. The molecule has 1 N–H and O–H groups in total. The van der Waals surface area contributed by atoms with Gasteiger partial charge in [0.2, 0.25) is 11.8 Å². The lowest BCUT2D eigenvalue weighted by Gasteiger charge is -2.35. The maximum Gasteiger partial charge on any atom is 0.264 e. The fourth-order valence-electron chi connectivity index (χ4n) is 6.03. The van der Waals surface area contributed by atoms with E-state index in [-0.39, 0.29) is 29.8 Å². The normalized spacial score (nSPS) is 14.2. The maximum atomic E-state index is 14.7. The Balaban J connectivity index is 1.56. The summed E-state index contributed by atoms with van der Waals surface area (Å²) in [5, 5.41) is 3.24. The monoisotopic (exact) mass is 653 g/mol. The van der Waals surface area contributed by atoms with Crippen LogP contribution in [0, 0.1) is 6.92 Å². The van der Waals surface area contributed by atoms with Gasteiger partial charge >= 0.3 is 0 Å². The van der Waals surface area contributed by atoms with Crippen LogP contribution in [0.2, 0.25) is 0 Å². The number of aryl methyl sites for hydroxylation is 1. The molecule has 0 spiro atoms. The minimum absolute atomic E-state index is 0.0332. The number of sulfonamides is 1. The van der Waals surface area contributed by atoms with Crippen LogP contribution in [0.1, 0.15) is 48.8 Å². The van der Waals surface area contributed by atoms with Gasteiger partial charge in [0.25, 0.3) is 10.0 Å². The summed E-state index contributed by atoms with van der Waals surface area (Å²) in [6, 6.07) is 31.2. The van der Waals surface area contributed by atoms with E-state index < -0.39 is 28.5 Å². The molecule has 47 heavy (non-hydrogen) atoms. The highest BCUT2D eigenvalue weighted by atomic mass is 32.2. The highest BCUT2D eigenvalue weighted by Crippen LogP contribution is 2.26. The molecule has 1 aliphatic rings. The van der Waals surface area contributed by atoms with E-state index in [9.17, 15) is 18.0 Å².